The minimum absolute atomic E-state index is 0.176. The quantitative estimate of drug-likeness (QED) is 0.574. The summed E-state index contributed by atoms with van der Waals surface area (Å²) in [5.41, 5.74) is 1.78. The molecule has 1 aliphatic heterocycles. The number of morpholine rings is 1. The second-order valence-corrected chi connectivity index (χ2v) is 7.92. The van der Waals surface area contributed by atoms with Crippen molar-refractivity contribution in [3.63, 3.8) is 0 Å². The zero-order valence-corrected chi connectivity index (χ0v) is 17.9. The normalized spacial score (nSPS) is 15.7. The molecule has 0 spiro atoms. The van der Waals surface area contributed by atoms with Gasteiger partial charge in [-0.1, -0.05) is 11.6 Å². The number of aryl methyl sites for hydroxylation is 1. The fraction of sp³-hybridized carbons (Fsp3) is 0.364. The van der Waals surface area contributed by atoms with E-state index in [0.29, 0.717) is 41.9 Å². The van der Waals surface area contributed by atoms with E-state index in [0.717, 1.165) is 24.0 Å². The van der Waals surface area contributed by atoms with E-state index in [9.17, 15) is 9.50 Å². The largest absolute Gasteiger partial charge is 0.490 e. The van der Waals surface area contributed by atoms with Gasteiger partial charge in [0.1, 0.15) is 36.4 Å². The van der Waals surface area contributed by atoms with E-state index in [-0.39, 0.29) is 12.3 Å². The summed E-state index contributed by atoms with van der Waals surface area (Å²) in [4.78, 5) is 10.7. The van der Waals surface area contributed by atoms with Crippen molar-refractivity contribution in [1.82, 2.24) is 14.9 Å². The predicted octanol–water partition coefficient (Wildman–Crippen LogP) is 3.55. The molecule has 31 heavy (non-hydrogen) atoms. The predicted molar refractivity (Wildman–Crippen MR) is 118 cm³/mol. The summed E-state index contributed by atoms with van der Waals surface area (Å²) in [7, 11) is 0. The van der Waals surface area contributed by atoms with Crippen molar-refractivity contribution in [3.05, 3.63) is 53.1 Å². The van der Waals surface area contributed by atoms with Crippen molar-refractivity contribution in [1.29, 1.82) is 0 Å². The number of anilines is 2. The van der Waals surface area contributed by atoms with Crippen molar-refractivity contribution in [2.75, 3.05) is 44.8 Å². The molecule has 7 nitrogen and oxygen atoms in total. The van der Waals surface area contributed by atoms with Crippen LogP contribution in [0, 0.1) is 12.7 Å². The van der Waals surface area contributed by atoms with E-state index in [1.807, 2.05) is 13.0 Å². The third-order valence-corrected chi connectivity index (χ3v) is 5.36. The number of aromatic nitrogens is 2. The molecule has 164 valence electrons. The summed E-state index contributed by atoms with van der Waals surface area (Å²) in [5, 5.41) is 14.4. The fourth-order valence-corrected chi connectivity index (χ4v) is 3.64. The van der Waals surface area contributed by atoms with Crippen LogP contribution in [0.25, 0.3) is 10.9 Å². The van der Waals surface area contributed by atoms with Crippen molar-refractivity contribution in [2.24, 2.45) is 0 Å². The highest BCUT2D eigenvalue weighted by Crippen LogP contribution is 2.30. The van der Waals surface area contributed by atoms with Crippen molar-refractivity contribution in [2.45, 2.75) is 13.0 Å². The summed E-state index contributed by atoms with van der Waals surface area (Å²) >= 11 is 5.83. The second kappa shape index (κ2) is 9.74. The Hall–Kier alpha value is -2.52. The highest BCUT2D eigenvalue weighted by atomic mass is 35.5. The van der Waals surface area contributed by atoms with E-state index in [4.69, 9.17) is 21.1 Å². The van der Waals surface area contributed by atoms with Gasteiger partial charge in [-0.05, 0) is 36.8 Å². The van der Waals surface area contributed by atoms with E-state index in [1.165, 1.54) is 12.4 Å². The SMILES string of the molecule is Cc1cc2c(Nc3ccc(Cl)cc3F)ncnc2cc1OCC(O)CN1CCOCC1. The average Bonchev–Trinajstić information content (AvgIpc) is 2.75. The molecule has 1 saturated heterocycles. The molecule has 1 fully saturated rings. The molecule has 2 heterocycles. The van der Waals surface area contributed by atoms with Gasteiger partial charge < -0.3 is 19.9 Å². The maximum Gasteiger partial charge on any atom is 0.148 e. The van der Waals surface area contributed by atoms with Crippen molar-refractivity contribution in [3.8, 4) is 5.75 Å². The first-order chi connectivity index (χ1) is 15.0. The van der Waals surface area contributed by atoms with E-state index < -0.39 is 11.9 Å². The number of fused-ring (bicyclic) bond motifs is 1. The Morgan fingerprint density at radius 1 is 1.26 bits per heavy atom. The molecular formula is C22H24ClFN4O3. The molecule has 2 N–H and O–H groups in total. The van der Waals surface area contributed by atoms with Gasteiger partial charge in [-0.2, -0.15) is 0 Å². The molecule has 2 aromatic carbocycles. The van der Waals surface area contributed by atoms with Crippen LogP contribution >= 0.6 is 11.6 Å². The molecule has 1 unspecified atom stereocenters. The first-order valence-corrected chi connectivity index (χ1v) is 10.5. The molecule has 0 amide bonds. The summed E-state index contributed by atoms with van der Waals surface area (Å²) in [6, 6.07) is 8.10. The molecule has 0 radical (unpaired) electrons. The van der Waals surface area contributed by atoms with Gasteiger partial charge in [0, 0.05) is 36.1 Å². The lowest BCUT2D eigenvalue weighted by atomic mass is 10.1. The Morgan fingerprint density at radius 3 is 2.84 bits per heavy atom. The second-order valence-electron chi connectivity index (χ2n) is 7.48. The zero-order valence-electron chi connectivity index (χ0n) is 17.1. The molecule has 1 aromatic heterocycles. The first kappa shape index (κ1) is 21.7. The Labute approximate surface area is 184 Å². The number of benzene rings is 2. The average molecular weight is 447 g/mol. The first-order valence-electron chi connectivity index (χ1n) is 10.1. The number of aliphatic hydroxyl groups is 1. The minimum atomic E-state index is -0.608. The van der Waals surface area contributed by atoms with Crippen LogP contribution in [0.5, 0.6) is 5.75 Å². The van der Waals surface area contributed by atoms with Gasteiger partial charge in [-0.15, -0.1) is 0 Å². The fourth-order valence-electron chi connectivity index (χ4n) is 3.49. The van der Waals surface area contributed by atoms with Crippen LogP contribution < -0.4 is 10.1 Å². The van der Waals surface area contributed by atoms with Gasteiger partial charge in [0.2, 0.25) is 0 Å². The monoisotopic (exact) mass is 446 g/mol. The molecule has 1 atom stereocenters. The molecule has 0 bridgehead atoms. The summed E-state index contributed by atoms with van der Waals surface area (Å²) in [6.07, 6.45) is 0.800. The maximum absolute atomic E-state index is 14.2. The maximum atomic E-state index is 14.2. The van der Waals surface area contributed by atoms with Gasteiger partial charge in [-0.25, -0.2) is 14.4 Å². The third-order valence-electron chi connectivity index (χ3n) is 5.12. The number of nitrogens with one attached hydrogen (secondary N) is 1. The van der Waals surface area contributed by atoms with Crippen LogP contribution in [0.3, 0.4) is 0 Å². The van der Waals surface area contributed by atoms with Crippen LogP contribution in [0.15, 0.2) is 36.7 Å². The molecule has 9 heteroatoms. The van der Waals surface area contributed by atoms with Gasteiger partial charge in [-0.3, -0.25) is 4.90 Å². The lowest BCUT2D eigenvalue weighted by Gasteiger charge is -2.28. The number of ether oxygens (including phenoxy) is 2. The van der Waals surface area contributed by atoms with Crippen molar-refractivity contribution < 1.29 is 19.0 Å². The molecule has 0 aliphatic carbocycles. The number of nitrogens with zero attached hydrogens (tertiary/aromatic N) is 3. The number of hydrogen-bond acceptors (Lipinski definition) is 7. The van der Waals surface area contributed by atoms with Crippen molar-refractivity contribution >= 4 is 34.0 Å². The minimum Gasteiger partial charge on any atom is -0.490 e. The van der Waals surface area contributed by atoms with Gasteiger partial charge >= 0.3 is 0 Å². The standard InChI is InChI=1S/C22H24ClFN4O3/c1-14-8-17-20(10-21(14)31-12-16(29)11-28-4-6-30-7-5-28)25-13-26-22(17)27-19-3-2-15(23)9-18(19)24/h2-3,8-10,13,16,29H,4-7,11-12H2,1H3,(H,25,26,27). The Morgan fingerprint density at radius 2 is 2.06 bits per heavy atom. The summed E-state index contributed by atoms with van der Waals surface area (Å²) in [5.74, 6) is 0.647. The topological polar surface area (TPSA) is 79.7 Å². The lowest BCUT2D eigenvalue weighted by molar-refractivity contribution is 0.00461. The molecule has 3 aromatic rings. The van der Waals surface area contributed by atoms with Gasteiger partial charge in [0.15, 0.2) is 0 Å². The lowest BCUT2D eigenvalue weighted by Crippen LogP contribution is -2.42. The van der Waals surface area contributed by atoms with Crippen LogP contribution in [0.4, 0.5) is 15.9 Å². The Kier molecular flexibility index (Phi) is 6.82. The zero-order chi connectivity index (χ0) is 21.8. The number of halogens is 2. The van der Waals surface area contributed by atoms with E-state index in [1.54, 1.807) is 18.2 Å². The summed E-state index contributed by atoms with van der Waals surface area (Å²) < 4.78 is 25.4. The Balaban J connectivity index is 1.48. The van der Waals surface area contributed by atoms with Crippen LogP contribution in [-0.2, 0) is 4.74 Å². The van der Waals surface area contributed by atoms with Crippen LogP contribution in [0.1, 0.15) is 5.56 Å². The molecular weight excluding hydrogens is 423 g/mol. The highest BCUT2D eigenvalue weighted by molar-refractivity contribution is 6.30. The highest BCUT2D eigenvalue weighted by Gasteiger charge is 2.16. The Bertz CT molecular complexity index is 1060. The number of β-amino-alcohol motifs (C(OH)–C–C–N with tert-alkyl or cyclic N) is 1. The molecule has 4 rings (SSSR count). The third kappa shape index (κ3) is 5.40. The van der Waals surface area contributed by atoms with E-state index >= 15 is 0 Å². The molecule has 1 aliphatic rings. The van der Waals surface area contributed by atoms with Crippen LogP contribution in [-0.4, -0.2) is 65.5 Å². The number of aliphatic hydroxyl groups excluding tert-OH is 1. The smallest absolute Gasteiger partial charge is 0.148 e. The number of rotatable bonds is 7. The van der Waals surface area contributed by atoms with Gasteiger partial charge in [0.05, 0.1) is 24.4 Å². The van der Waals surface area contributed by atoms with Gasteiger partial charge in [0.25, 0.3) is 0 Å². The number of hydrogen-bond donors (Lipinski definition) is 2. The van der Waals surface area contributed by atoms with Crippen LogP contribution in [0.2, 0.25) is 5.02 Å². The van der Waals surface area contributed by atoms with E-state index in [2.05, 4.69) is 20.2 Å². The summed E-state index contributed by atoms with van der Waals surface area (Å²) in [6.45, 7) is 5.62. The molecule has 0 saturated carbocycles.